The minimum atomic E-state index is 0.792. The molecule has 0 aliphatic heterocycles. The SMILES string of the molecule is CCCc1nc(-c2ccccc2)sc1CS. The smallest absolute Gasteiger partial charge is 0.123 e. The molecule has 2 rings (SSSR count). The van der Waals surface area contributed by atoms with E-state index in [4.69, 9.17) is 4.98 Å². The van der Waals surface area contributed by atoms with Crippen LogP contribution in [0.1, 0.15) is 23.9 Å². The molecule has 0 amide bonds. The molecular weight excluding hydrogens is 234 g/mol. The molecule has 0 unspecified atom stereocenters. The van der Waals surface area contributed by atoms with Crippen molar-refractivity contribution in [2.45, 2.75) is 25.5 Å². The molecule has 1 nitrogen and oxygen atoms in total. The number of aryl methyl sites for hydroxylation is 1. The molecule has 1 heterocycles. The van der Waals surface area contributed by atoms with E-state index in [9.17, 15) is 0 Å². The Hall–Kier alpha value is -0.800. The van der Waals surface area contributed by atoms with Crippen LogP contribution in [0.15, 0.2) is 30.3 Å². The maximum Gasteiger partial charge on any atom is 0.123 e. The monoisotopic (exact) mass is 249 g/mol. The van der Waals surface area contributed by atoms with Gasteiger partial charge < -0.3 is 0 Å². The van der Waals surface area contributed by atoms with Gasteiger partial charge >= 0.3 is 0 Å². The van der Waals surface area contributed by atoms with E-state index in [1.54, 1.807) is 11.3 Å². The summed E-state index contributed by atoms with van der Waals surface area (Å²) in [5.41, 5.74) is 2.43. The average Bonchev–Trinajstić information content (AvgIpc) is 2.74. The van der Waals surface area contributed by atoms with E-state index in [1.165, 1.54) is 16.1 Å². The zero-order valence-electron chi connectivity index (χ0n) is 9.31. The molecule has 3 heteroatoms. The largest absolute Gasteiger partial charge is 0.241 e. The highest BCUT2D eigenvalue weighted by molar-refractivity contribution is 7.79. The van der Waals surface area contributed by atoms with E-state index in [0.717, 1.165) is 23.6 Å². The van der Waals surface area contributed by atoms with Crippen molar-refractivity contribution in [2.75, 3.05) is 0 Å². The van der Waals surface area contributed by atoms with E-state index in [1.807, 2.05) is 6.07 Å². The zero-order valence-corrected chi connectivity index (χ0v) is 11.0. The molecule has 0 spiro atoms. The lowest BCUT2D eigenvalue weighted by Gasteiger charge is -1.94. The van der Waals surface area contributed by atoms with Crippen molar-refractivity contribution in [3.63, 3.8) is 0 Å². The Labute approximate surface area is 106 Å². The van der Waals surface area contributed by atoms with Crippen molar-refractivity contribution >= 4 is 24.0 Å². The van der Waals surface area contributed by atoms with Gasteiger partial charge in [0.2, 0.25) is 0 Å². The van der Waals surface area contributed by atoms with Gasteiger partial charge in [-0.25, -0.2) is 4.98 Å². The highest BCUT2D eigenvalue weighted by Gasteiger charge is 2.10. The first-order valence-corrected chi connectivity index (χ1v) is 6.95. The van der Waals surface area contributed by atoms with E-state index in [0.29, 0.717) is 0 Å². The molecule has 0 fully saturated rings. The van der Waals surface area contributed by atoms with Gasteiger partial charge in [0.25, 0.3) is 0 Å². The number of aromatic nitrogens is 1. The topological polar surface area (TPSA) is 12.9 Å². The lowest BCUT2D eigenvalue weighted by molar-refractivity contribution is 0.885. The van der Waals surface area contributed by atoms with Crippen LogP contribution in [0, 0.1) is 0 Å². The second kappa shape index (κ2) is 5.51. The molecule has 0 radical (unpaired) electrons. The Morgan fingerprint density at radius 2 is 2.00 bits per heavy atom. The second-order valence-electron chi connectivity index (χ2n) is 3.66. The summed E-state index contributed by atoms with van der Waals surface area (Å²) >= 11 is 6.13. The third-order valence-corrected chi connectivity index (χ3v) is 4.11. The summed E-state index contributed by atoms with van der Waals surface area (Å²) < 4.78 is 0. The van der Waals surface area contributed by atoms with Crippen LogP contribution in [0.25, 0.3) is 10.6 Å². The van der Waals surface area contributed by atoms with Crippen molar-refractivity contribution in [3.05, 3.63) is 40.9 Å². The Bertz CT molecular complexity index is 448. The van der Waals surface area contributed by atoms with Crippen molar-refractivity contribution in [2.24, 2.45) is 0 Å². The summed E-state index contributed by atoms with van der Waals surface area (Å²) in [5.74, 6) is 0.792. The lowest BCUT2D eigenvalue weighted by atomic mass is 10.2. The molecule has 1 aromatic heterocycles. The van der Waals surface area contributed by atoms with Crippen LogP contribution >= 0.6 is 24.0 Å². The van der Waals surface area contributed by atoms with E-state index < -0.39 is 0 Å². The molecule has 2 aromatic rings. The normalized spacial score (nSPS) is 10.6. The molecular formula is C13H15NS2. The van der Waals surface area contributed by atoms with Crippen molar-refractivity contribution in [3.8, 4) is 10.6 Å². The predicted molar refractivity (Wildman–Crippen MR) is 74.2 cm³/mol. The number of hydrogen-bond donors (Lipinski definition) is 1. The fraction of sp³-hybridized carbons (Fsp3) is 0.308. The summed E-state index contributed by atoms with van der Waals surface area (Å²) in [6.45, 7) is 2.18. The average molecular weight is 249 g/mol. The molecule has 0 saturated carbocycles. The van der Waals surface area contributed by atoms with E-state index in [2.05, 4.69) is 43.8 Å². The molecule has 0 atom stereocenters. The van der Waals surface area contributed by atoms with Crippen LogP contribution in [0.2, 0.25) is 0 Å². The first kappa shape index (κ1) is 11.7. The maximum atomic E-state index is 4.71. The van der Waals surface area contributed by atoms with Gasteiger partial charge in [0.15, 0.2) is 0 Å². The van der Waals surface area contributed by atoms with Crippen molar-refractivity contribution in [1.82, 2.24) is 4.98 Å². The van der Waals surface area contributed by atoms with Gasteiger partial charge in [0, 0.05) is 16.2 Å². The minimum absolute atomic E-state index is 0.792. The highest BCUT2D eigenvalue weighted by atomic mass is 32.1. The molecule has 1 aromatic carbocycles. The summed E-state index contributed by atoms with van der Waals surface area (Å²) in [6.07, 6.45) is 2.19. The van der Waals surface area contributed by atoms with Gasteiger partial charge in [-0.2, -0.15) is 12.6 Å². The molecule has 0 bridgehead atoms. The molecule has 84 valence electrons. The number of hydrogen-bond acceptors (Lipinski definition) is 3. The van der Waals surface area contributed by atoms with Crippen LogP contribution in [-0.4, -0.2) is 4.98 Å². The molecule has 0 saturated heterocycles. The summed E-state index contributed by atoms with van der Waals surface area (Å²) in [7, 11) is 0. The van der Waals surface area contributed by atoms with E-state index >= 15 is 0 Å². The Morgan fingerprint density at radius 3 is 2.62 bits per heavy atom. The first-order valence-electron chi connectivity index (χ1n) is 5.50. The number of rotatable bonds is 4. The fourth-order valence-corrected chi connectivity index (χ4v) is 2.99. The summed E-state index contributed by atoms with van der Waals surface area (Å²) in [5, 5.41) is 1.12. The van der Waals surface area contributed by atoms with Crippen LogP contribution in [0.4, 0.5) is 0 Å². The van der Waals surface area contributed by atoms with Crippen molar-refractivity contribution in [1.29, 1.82) is 0 Å². The molecule has 0 aliphatic carbocycles. The first-order chi connectivity index (χ1) is 7.85. The highest BCUT2D eigenvalue weighted by Crippen LogP contribution is 2.29. The number of benzene rings is 1. The summed E-state index contributed by atoms with van der Waals surface area (Å²) in [6, 6.07) is 10.4. The number of nitrogens with zero attached hydrogens (tertiary/aromatic N) is 1. The quantitative estimate of drug-likeness (QED) is 0.802. The standard InChI is InChI=1S/C13H15NS2/c1-2-6-11-12(9-15)16-13(14-11)10-7-4-3-5-8-10/h3-5,7-8,15H,2,6,9H2,1H3. The van der Waals surface area contributed by atoms with Gasteiger partial charge in [-0.3, -0.25) is 0 Å². The molecule has 16 heavy (non-hydrogen) atoms. The Morgan fingerprint density at radius 1 is 1.25 bits per heavy atom. The Kier molecular flexibility index (Phi) is 4.02. The van der Waals surface area contributed by atoms with Gasteiger partial charge in [-0.15, -0.1) is 11.3 Å². The van der Waals surface area contributed by atoms with Crippen LogP contribution < -0.4 is 0 Å². The third-order valence-electron chi connectivity index (χ3n) is 2.43. The van der Waals surface area contributed by atoms with Gasteiger partial charge in [0.1, 0.15) is 5.01 Å². The van der Waals surface area contributed by atoms with Crippen LogP contribution in [0.3, 0.4) is 0 Å². The fourth-order valence-electron chi connectivity index (χ4n) is 1.64. The maximum absolute atomic E-state index is 4.71. The molecule has 0 N–H and O–H groups in total. The van der Waals surface area contributed by atoms with Gasteiger partial charge in [-0.05, 0) is 6.42 Å². The number of thiazole rings is 1. The minimum Gasteiger partial charge on any atom is -0.241 e. The predicted octanol–water partition coefficient (Wildman–Crippen LogP) is 4.19. The van der Waals surface area contributed by atoms with Gasteiger partial charge in [-0.1, -0.05) is 43.7 Å². The van der Waals surface area contributed by atoms with E-state index in [-0.39, 0.29) is 0 Å². The zero-order chi connectivity index (χ0) is 11.4. The van der Waals surface area contributed by atoms with Crippen LogP contribution in [0.5, 0.6) is 0 Å². The Balaban J connectivity index is 2.36. The lowest BCUT2D eigenvalue weighted by Crippen LogP contribution is -1.87. The summed E-state index contributed by atoms with van der Waals surface area (Å²) in [4.78, 5) is 6.02. The van der Waals surface area contributed by atoms with Crippen LogP contribution in [-0.2, 0) is 12.2 Å². The third kappa shape index (κ3) is 2.47. The molecule has 0 aliphatic rings. The second-order valence-corrected chi connectivity index (χ2v) is 5.06. The van der Waals surface area contributed by atoms with Gasteiger partial charge in [0.05, 0.1) is 5.69 Å². The van der Waals surface area contributed by atoms with Crippen molar-refractivity contribution < 1.29 is 0 Å². The number of thiol groups is 1.